The number of carboxylic acid groups (broad SMARTS) is 1. The third-order valence-electron chi connectivity index (χ3n) is 3.31. The first-order valence-electron chi connectivity index (χ1n) is 6.28. The van der Waals surface area contributed by atoms with Crippen LogP contribution in [0.15, 0.2) is 0 Å². The minimum absolute atomic E-state index is 0.161. The van der Waals surface area contributed by atoms with Gasteiger partial charge in [0.15, 0.2) is 0 Å². The average molecular weight is 285 g/mol. The Morgan fingerprint density at radius 1 is 1.45 bits per heavy atom. The maximum absolute atomic E-state index is 12.0. The Kier molecular flexibility index (Phi) is 4.69. The van der Waals surface area contributed by atoms with E-state index in [4.69, 9.17) is 5.11 Å². The number of urea groups is 1. The highest BCUT2D eigenvalue weighted by Crippen LogP contribution is 2.18. The Morgan fingerprint density at radius 2 is 2.05 bits per heavy atom. The van der Waals surface area contributed by atoms with E-state index < -0.39 is 35.3 Å². The summed E-state index contributed by atoms with van der Waals surface area (Å²) in [6.45, 7) is 4.56. The molecule has 20 heavy (non-hydrogen) atoms. The van der Waals surface area contributed by atoms with Crippen molar-refractivity contribution in [3.05, 3.63) is 0 Å². The van der Waals surface area contributed by atoms with Gasteiger partial charge in [0.05, 0.1) is 5.92 Å². The fraction of sp³-hybridized carbons (Fsp3) is 0.667. The molecule has 1 heterocycles. The molecule has 112 valence electrons. The number of piperazine rings is 1. The Bertz CT molecular complexity index is 446. The first kappa shape index (κ1) is 15.9. The van der Waals surface area contributed by atoms with Crippen LogP contribution in [0.4, 0.5) is 4.79 Å². The molecule has 8 nitrogen and oxygen atoms in total. The van der Waals surface area contributed by atoms with Crippen LogP contribution in [0.1, 0.15) is 27.2 Å². The molecule has 4 amide bonds. The summed E-state index contributed by atoms with van der Waals surface area (Å²) in [6, 6.07) is -0.559. The van der Waals surface area contributed by atoms with E-state index in [-0.39, 0.29) is 19.5 Å². The monoisotopic (exact) mass is 285 g/mol. The van der Waals surface area contributed by atoms with Crippen LogP contribution < -0.4 is 10.6 Å². The molecule has 0 aromatic carbocycles. The number of carboxylic acids is 1. The second kappa shape index (κ2) is 5.89. The van der Waals surface area contributed by atoms with Crippen molar-refractivity contribution in [3.8, 4) is 0 Å². The molecule has 0 aromatic heterocycles. The highest BCUT2D eigenvalue weighted by molar-refractivity contribution is 6.05. The Hall–Kier alpha value is -2.12. The molecule has 1 rings (SSSR count). The van der Waals surface area contributed by atoms with Gasteiger partial charge in [0.1, 0.15) is 12.1 Å². The first-order valence-corrected chi connectivity index (χ1v) is 6.28. The molecular formula is C12H19N3O5. The summed E-state index contributed by atoms with van der Waals surface area (Å²) in [4.78, 5) is 46.8. The van der Waals surface area contributed by atoms with E-state index >= 15 is 0 Å². The Labute approximate surface area is 116 Å². The molecule has 8 heteroatoms. The molecule has 1 aliphatic heterocycles. The summed E-state index contributed by atoms with van der Waals surface area (Å²) in [6.07, 6.45) is 0.273. The van der Waals surface area contributed by atoms with Crippen molar-refractivity contribution in [1.82, 2.24) is 15.5 Å². The molecule has 1 fully saturated rings. The molecule has 0 saturated carbocycles. The number of hydrogen-bond acceptors (Lipinski definition) is 4. The molecule has 0 bridgehead atoms. The van der Waals surface area contributed by atoms with Gasteiger partial charge in [-0.2, -0.15) is 0 Å². The molecule has 0 aliphatic carbocycles. The van der Waals surface area contributed by atoms with E-state index in [1.807, 2.05) is 0 Å². The third kappa shape index (κ3) is 3.46. The van der Waals surface area contributed by atoms with Crippen molar-refractivity contribution in [1.29, 1.82) is 0 Å². The van der Waals surface area contributed by atoms with Crippen LogP contribution in [0.2, 0.25) is 0 Å². The third-order valence-corrected chi connectivity index (χ3v) is 3.31. The van der Waals surface area contributed by atoms with Crippen molar-refractivity contribution in [2.75, 3.05) is 13.1 Å². The summed E-state index contributed by atoms with van der Waals surface area (Å²) in [5, 5.41) is 13.4. The normalized spacial score (nSPS) is 19.2. The molecule has 0 aromatic rings. The van der Waals surface area contributed by atoms with E-state index in [9.17, 15) is 19.2 Å². The zero-order valence-corrected chi connectivity index (χ0v) is 11.7. The molecule has 1 unspecified atom stereocenters. The number of amides is 4. The van der Waals surface area contributed by atoms with Crippen LogP contribution in [0.25, 0.3) is 0 Å². The number of nitrogens with one attached hydrogen (secondary N) is 2. The predicted octanol–water partition coefficient (Wildman–Crippen LogP) is -0.456. The second-order valence-electron chi connectivity index (χ2n) is 5.28. The maximum Gasteiger partial charge on any atom is 0.318 e. The number of rotatable bonds is 4. The van der Waals surface area contributed by atoms with Crippen LogP contribution in [-0.2, 0) is 14.4 Å². The van der Waals surface area contributed by atoms with Crippen molar-refractivity contribution in [3.63, 3.8) is 0 Å². The molecule has 1 saturated heterocycles. The SMILES string of the molecule is CC(CCNC(=O)N1CC(=O)NC(=O)C1(C)C)C(=O)O. The largest absolute Gasteiger partial charge is 0.481 e. The van der Waals surface area contributed by atoms with E-state index in [0.717, 1.165) is 4.90 Å². The zero-order valence-electron chi connectivity index (χ0n) is 11.7. The summed E-state index contributed by atoms with van der Waals surface area (Å²) in [5.74, 6) is -2.59. The number of imide groups is 1. The lowest BCUT2D eigenvalue weighted by Crippen LogP contribution is -2.67. The molecule has 1 aliphatic rings. The van der Waals surface area contributed by atoms with Gasteiger partial charge in [-0.15, -0.1) is 0 Å². The number of aliphatic carboxylic acids is 1. The molecule has 0 radical (unpaired) electrons. The van der Waals surface area contributed by atoms with Crippen LogP contribution in [-0.4, -0.2) is 52.4 Å². The van der Waals surface area contributed by atoms with E-state index in [1.165, 1.54) is 20.8 Å². The fourth-order valence-corrected chi connectivity index (χ4v) is 1.72. The average Bonchev–Trinajstić information content (AvgIpc) is 2.33. The lowest BCUT2D eigenvalue weighted by molar-refractivity contribution is -0.143. The first-order chi connectivity index (χ1) is 9.16. The van der Waals surface area contributed by atoms with Gasteiger partial charge in [-0.25, -0.2) is 4.79 Å². The van der Waals surface area contributed by atoms with Crippen LogP contribution in [0, 0.1) is 5.92 Å². The van der Waals surface area contributed by atoms with Gasteiger partial charge in [0, 0.05) is 6.54 Å². The lowest BCUT2D eigenvalue weighted by Gasteiger charge is -2.39. The number of carbonyl (C=O) groups excluding carboxylic acids is 3. The summed E-state index contributed by atoms with van der Waals surface area (Å²) >= 11 is 0. The standard InChI is InChI=1S/C12H19N3O5/c1-7(9(17)18)4-5-13-11(20)15-6-8(16)14-10(19)12(15,2)3/h7H,4-6H2,1-3H3,(H,13,20)(H,17,18)(H,14,16,19). The van der Waals surface area contributed by atoms with Crippen molar-refractivity contribution < 1.29 is 24.3 Å². The van der Waals surface area contributed by atoms with Crippen LogP contribution in [0.3, 0.4) is 0 Å². The van der Waals surface area contributed by atoms with Crippen LogP contribution >= 0.6 is 0 Å². The smallest absolute Gasteiger partial charge is 0.318 e. The predicted molar refractivity (Wildman–Crippen MR) is 68.8 cm³/mol. The van der Waals surface area contributed by atoms with Crippen molar-refractivity contribution >= 4 is 23.8 Å². The van der Waals surface area contributed by atoms with E-state index in [2.05, 4.69) is 10.6 Å². The topological polar surface area (TPSA) is 116 Å². The molecule has 0 spiro atoms. The Balaban J connectivity index is 2.59. The molecule has 1 atom stereocenters. The summed E-state index contributed by atoms with van der Waals surface area (Å²) in [5.41, 5.74) is -1.13. The quantitative estimate of drug-likeness (QED) is 0.605. The molecule has 3 N–H and O–H groups in total. The summed E-state index contributed by atoms with van der Waals surface area (Å²) in [7, 11) is 0. The van der Waals surface area contributed by atoms with Gasteiger partial charge >= 0.3 is 12.0 Å². The van der Waals surface area contributed by atoms with Gasteiger partial charge in [-0.3, -0.25) is 19.7 Å². The number of nitrogens with zero attached hydrogens (tertiary/aromatic N) is 1. The minimum Gasteiger partial charge on any atom is -0.481 e. The zero-order chi connectivity index (χ0) is 15.5. The van der Waals surface area contributed by atoms with Gasteiger partial charge < -0.3 is 15.3 Å². The van der Waals surface area contributed by atoms with E-state index in [0.29, 0.717) is 0 Å². The van der Waals surface area contributed by atoms with Gasteiger partial charge in [-0.1, -0.05) is 6.92 Å². The second-order valence-corrected chi connectivity index (χ2v) is 5.28. The van der Waals surface area contributed by atoms with Gasteiger partial charge in [0.25, 0.3) is 5.91 Å². The number of hydrogen-bond donors (Lipinski definition) is 3. The van der Waals surface area contributed by atoms with Crippen molar-refractivity contribution in [2.45, 2.75) is 32.7 Å². The highest BCUT2D eigenvalue weighted by atomic mass is 16.4. The number of carbonyl (C=O) groups is 4. The Morgan fingerprint density at radius 3 is 2.60 bits per heavy atom. The highest BCUT2D eigenvalue weighted by Gasteiger charge is 2.43. The minimum atomic E-state index is -1.13. The maximum atomic E-state index is 12.0. The van der Waals surface area contributed by atoms with Crippen LogP contribution in [0.5, 0.6) is 0 Å². The molecular weight excluding hydrogens is 266 g/mol. The van der Waals surface area contributed by atoms with E-state index in [1.54, 1.807) is 0 Å². The van der Waals surface area contributed by atoms with Gasteiger partial charge in [0.2, 0.25) is 5.91 Å². The van der Waals surface area contributed by atoms with Gasteiger partial charge in [-0.05, 0) is 20.3 Å². The lowest BCUT2D eigenvalue weighted by atomic mass is 9.99. The fourth-order valence-electron chi connectivity index (χ4n) is 1.72. The summed E-state index contributed by atoms with van der Waals surface area (Å²) < 4.78 is 0. The van der Waals surface area contributed by atoms with Crippen molar-refractivity contribution in [2.24, 2.45) is 5.92 Å².